The third-order valence-corrected chi connectivity index (χ3v) is 7.86. The highest BCUT2D eigenvalue weighted by molar-refractivity contribution is 6.13. The van der Waals surface area contributed by atoms with Crippen LogP contribution in [0.4, 0.5) is 14.5 Å². The zero-order valence-electron chi connectivity index (χ0n) is 24.4. The number of rotatable bonds is 10. The van der Waals surface area contributed by atoms with E-state index in [-0.39, 0.29) is 12.8 Å². The molecule has 1 aromatic heterocycles. The van der Waals surface area contributed by atoms with Gasteiger partial charge in [-0.25, -0.2) is 13.8 Å². The largest absolute Gasteiger partial charge is 0.404 e. The van der Waals surface area contributed by atoms with E-state index in [0.717, 1.165) is 66.3 Å². The first-order valence-electron chi connectivity index (χ1n) is 14.8. The van der Waals surface area contributed by atoms with Gasteiger partial charge in [0.2, 0.25) is 5.92 Å². The third kappa shape index (κ3) is 7.43. The van der Waals surface area contributed by atoms with Gasteiger partial charge in [0.1, 0.15) is 0 Å². The van der Waals surface area contributed by atoms with E-state index in [0.29, 0.717) is 5.92 Å². The molecule has 2 saturated carbocycles. The van der Waals surface area contributed by atoms with Gasteiger partial charge >= 0.3 is 0 Å². The first kappa shape index (κ1) is 29.6. The number of nitrogens with two attached hydrogens (primary N) is 1. The van der Waals surface area contributed by atoms with Gasteiger partial charge in [0.25, 0.3) is 0 Å². The Hall–Kier alpha value is -3.35. The second kappa shape index (κ2) is 13.3. The molecule has 0 atom stereocenters. The fourth-order valence-electron chi connectivity index (χ4n) is 4.75. The normalized spacial score (nSPS) is 16.9. The Morgan fingerprint density at radius 3 is 2.42 bits per heavy atom. The number of aromatic nitrogens is 1. The van der Waals surface area contributed by atoms with Crippen LogP contribution in [-0.2, 0) is 6.42 Å². The summed E-state index contributed by atoms with van der Waals surface area (Å²) < 4.78 is 23.8. The summed E-state index contributed by atoms with van der Waals surface area (Å²) in [5, 5.41) is 3.75. The summed E-state index contributed by atoms with van der Waals surface area (Å²) in [6.45, 7) is 8.07. The molecule has 0 amide bonds. The van der Waals surface area contributed by atoms with Crippen molar-refractivity contribution in [1.29, 1.82) is 0 Å². The average Bonchev–Trinajstić information content (AvgIpc) is 3.66. The van der Waals surface area contributed by atoms with Gasteiger partial charge in [-0.3, -0.25) is 9.98 Å². The van der Waals surface area contributed by atoms with Gasteiger partial charge in [0.05, 0.1) is 12.2 Å². The predicted octanol–water partition coefficient (Wildman–Crippen LogP) is 8.25. The number of hydrogen-bond donors (Lipinski definition) is 2. The topological polar surface area (TPSA) is 75.7 Å². The minimum atomic E-state index is -2.42. The van der Waals surface area contributed by atoms with E-state index in [1.807, 2.05) is 6.20 Å². The third-order valence-electron chi connectivity index (χ3n) is 7.86. The highest BCUT2D eigenvalue weighted by Gasteiger charge is 2.30. The molecule has 0 unspecified atom stereocenters. The van der Waals surface area contributed by atoms with Crippen LogP contribution < -0.4 is 11.1 Å². The SMILES string of the molecule is CCC(F)(F)CC.CCCc1ccnc(/C(=C\N)C(Nc2cc(C3=NCC(C4CC4)=N3)ccc2C)=C2CCC2)c1. The predicted molar refractivity (Wildman–Crippen MR) is 163 cm³/mol. The average molecular weight is 548 g/mol. The summed E-state index contributed by atoms with van der Waals surface area (Å²) in [7, 11) is 0. The lowest BCUT2D eigenvalue weighted by molar-refractivity contribution is -0.00646. The smallest absolute Gasteiger partial charge is 0.247 e. The Kier molecular flexibility index (Phi) is 9.88. The van der Waals surface area contributed by atoms with Crippen molar-refractivity contribution >= 4 is 22.8 Å². The highest BCUT2D eigenvalue weighted by Crippen LogP contribution is 2.37. The molecule has 0 spiro atoms. The molecular formula is C33H43F2N5. The van der Waals surface area contributed by atoms with Crippen LogP contribution in [0.1, 0.15) is 94.5 Å². The molecule has 0 bridgehead atoms. The van der Waals surface area contributed by atoms with E-state index in [9.17, 15) is 8.78 Å². The van der Waals surface area contributed by atoms with Crippen LogP contribution in [-0.4, -0.2) is 29.0 Å². The van der Waals surface area contributed by atoms with Crippen LogP contribution >= 0.6 is 0 Å². The van der Waals surface area contributed by atoms with E-state index in [1.54, 1.807) is 6.20 Å². The molecule has 2 aromatic rings. The van der Waals surface area contributed by atoms with Gasteiger partial charge in [-0.05, 0) is 86.3 Å². The number of pyridine rings is 1. The number of benzene rings is 1. The standard InChI is InChI=1S/C28H33N5.C5H10F2/c1-3-5-19-12-13-30-25(14-19)23(16-29)27(21-6-4-7-21)32-24-15-22(9-8-18(24)2)28-31-17-26(33-28)20-10-11-20;1-3-5(6,7)4-2/h8-9,12-16,20,32H,3-7,10-11,17,29H2,1-2H3;3-4H2,1-2H3/b23-16+;. The lowest BCUT2D eigenvalue weighted by Gasteiger charge is -2.26. The molecule has 2 aliphatic carbocycles. The highest BCUT2D eigenvalue weighted by atomic mass is 19.3. The molecule has 1 aromatic carbocycles. The van der Waals surface area contributed by atoms with Crippen LogP contribution in [0.3, 0.4) is 0 Å². The van der Waals surface area contributed by atoms with E-state index in [4.69, 9.17) is 15.7 Å². The first-order chi connectivity index (χ1) is 19.3. The zero-order chi connectivity index (χ0) is 28.7. The van der Waals surface area contributed by atoms with Crippen molar-refractivity contribution in [1.82, 2.24) is 4.98 Å². The van der Waals surface area contributed by atoms with Gasteiger partial charge in [-0.2, -0.15) is 0 Å². The Bertz CT molecular complexity index is 1310. The maximum absolute atomic E-state index is 11.9. The van der Waals surface area contributed by atoms with Crippen molar-refractivity contribution < 1.29 is 8.78 Å². The van der Waals surface area contributed by atoms with E-state index in [2.05, 4.69) is 54.5 Å². The van der Waals surface area contributed by atoms with Crippen molar-refractivity contribution in [2.45, 2.75) is 91.4 Å². The van der Waals surface area contributed by atoms with Crippen LogP contribution in [0.25, 0.3) is 5.57 Å². The molecule has 5 nitrogen and oxygen atoms in total. The summed E-state index contributed by atoms with van der Waals surface area (Å²) in [5.74, 6) is -0.890. The molecule has 214 valence electrons. The molecule has 2 fully saturated rings. The molecule has 7 heteroatoms. The number of nitrogens with one attached hydrogen (secondary N) is 1. The number of allylic oxidation sites excluding steroid dienone is 2. The van der Waals surface area contributed by atoms with Crippen molar-refractivity contribution in [3.63, 3.8) is 0 Å². The molecule has 40 heavy (non-hydrogen) atoms. The molecule has 1 aliphatic heterocycles. The number of alkyl halides is 2. The lowest BCUT2D eigenvalue weighted by Crippen LogP contribution is -2.14. The summed E-state index contributed by atoms with van der Waals surface area (Å²) in [6, 6.07) is 10.7. The Morgan fingerprint density at radius 2 is 1.85 bits per heavy atom. The summed E-state index contributed by atoms with van der Waals surface area (Å²) in [5.41, 5.74) is 16.5. The number of amidine groups is 1. The number of halogens is 2. The van der Waals surface area contributed by atoms with Crippen LogP contribution in [0.5, 0.6) is 0 Å². The molecule has 5 rings (SSSR count). The van der Waals surface area contributed by atoms with Gasteiger partial charge < -0.3 is 11.1 Å². The molecule has 0 saturated heterocycles. The quantitative estimate of drug-likeness (QED) is 0.314. The van der Waals surface area contributed by atoms with E-state index >= 15 is 0 Å². The van der Waals surface area contributed by atoms with Gasteiger partial charge in [-0.1, -0.05) is 39.3 Å². The maximum Gasteiger partial charge on any atom is 0.247 e. The van der Waals surface area contributed by atoms with Crippen molar-refractivity contribution in [2.75, 3.05) is 11.9 Å². The lowest BCUT2D eigenvalue weighted by atomic mass is 9.87. The Balaban J connectivity index is 0.000000470. The second-order valence-electron chi connectivity index (χ2n) is 10.9. The van der Waals surface area contributed by atoms with Crippen molar-refractivity contribution in [3.8, 4) is 0 Å². The molecule has 0 radical (unpaired) electrons. The van der Waals surface area contributed by atoms with Gasteiger partial charge in [0.15, 0.2) is 5.84 Å². The number of hydrogen-bond acceptors (Lipinski definition) is 5. The van der Waals surface area contributed by atoms with Crippen molar-refractivity contribution in [2.24, 2.45) is 21.6 Å². The maximum atomic E-state index is 11.9. The number of nitrogens with zero attached hydrogens (tertiary/aromatic N) is 3. The second-order valence-corrected chi connectivity index (χ2v) is 10.9. The van der Waals surface area contributed by atoms with Crippen LogP contribution in [0.2, 0.25) is 0 Å². The summed E-state index contributed by atoms with van der Waals surface area (Å²) >= 11 is 0. The fraction of sp³-hybridized carbons (Fsp3) is 0.485. The monoisotopic (exact) mass is 547 g/mol. The van der Waals surface area contributed by atoms with Crippen molar-refractivity contribution in [3.05, 3.63) is 76.4 Å². The van der Waals surface area contributed by atoms with Gasteiger partial charge in [0, 0.05) is 53.5 Å². The number of aliphatic imine (C=N–C) groups is 2. The van der Waals surface area contributed by atoms with Crippen LogP contribution in [0, 0.1) is 12.8 Å². The molecule has 2 heterocycles. The van der Waals surface area contributed by atoms with E-state index < -0.39 is 5.92 Å². The summed E-state index contributed by atoms with van der Waals surface area (Å²) in [4.78, 5) is 14.2. The molecule has 3 aliphatic rings. The number of aryl methyl sites for hydroxylation is 2. The number of anilines is 1. The van der Waals surface area contributed by atoms with Crippen LogP contribution in [0.15, 0.2) is 64.0 Å². The molecular weight excluding hydrogens is 504 g/mol. The minimum absolute atomic E-state index is 0.0382. The first-order valence-corrected chi connectivity index (χ1v) is 14.8. The van der Waals surface area contributed by atoms with E-state index in [1.165, 1.54) is 55.5 Å². The Morgan fingerprint density at radius 1 is 1.10 bits per heavy atom. The minimum Gasteiger partial charge on any atom is -0.404 e. The Labute approximate surface area is 237 Å². The fourth-order valence-corrected chi connectivity index (χ4v) is 4.75. The molecule has 3 N–H and O–H groups in total. The summed E-state index contributed by atoms with van der Waals surface area (Å²) in [6.07, 6.45) is 11.6. The van der Waals surface area contributed by atoms with Gasteiger partial charge in [-0.15, -0.1) is 0 Å². The zero-order valence-corrected chi connectivity index (χ0v) is 24.4.